The molecular weight excluding hydrogens is 291 g/mol. The van der Waals surface area contributed by atoms with Gasteiger partial charge in [0, 0.05) is 12.1 Å². The summed E-state index contributed by atoms with van der Waals surface area (Å²) in [5, 5.41) is 13.1. The second-order valence-electron chi connectivity index (χ2n) is 4.81. The molecule has 0 saturated carbocycles. The first kappa shape index (κ1) is 18.1. The maximum absolute atomic E-state index is 13.2. The summed E-state index contributed by atoms with van der Waals surface area (Å²) in [4.78, 5) is 21.6. The second kappa shape index (κ2) is 6.49. The standard InChI is InChI=1S/C11H15FN4O3.ClH/c1-11(2,14)5-15-10(17)7-3-6(12)4-8(9(7)13)16(18)19;/h3-4H,5,13-14H2,1-2H3,(H,15,17);1H. The van der Waals surface area contributed by atoms with Crippen LogP contribution in [-0.4, -0.2) is 22.9 Å². The van der Waals surface area contributed by atoms with Crippen molar-refractivity contribution >= 4 is 29.7 Å². The molecule has 1 aromatic carbocycles. The SMILES string of the molecule is CC(C)(N)CNC(=O)c1cc(F)cc([N+](=O)[O-])c1N.Cl. The van der Waals surface area contributed by atoms with Gasteiger partial charge in [-0.2, -0.15) is 0 Å². The number of nitro benzene ring substituents is 1. The normalized spacial score (nSPS) is 10.6. The molecule has 20 heavy (non-hydrogen) atoms. The molecule has 0 radical (unpaired) electrons. The van der Waals surface area contributed by atoms with Gasteiger partial charge in [0.2, 0.25) is 0 Å². The average molecular weight is 307 g/mol. The Morgan fingerprint density at radius 3 is 2.50 bits per heavy atom. The van der Waals surface area contributed by atoms with E-state index in [1.807, 2.05) is 0 Å². The molecule has 0 aromatic heterocycles. The Morgan fingerprint density at radius 2 is 2.05 bits per heavy atom. The molecule has 0 aliphatic rings. The molecule has 0 atom stereocenters. The Kier molecular flexibility index (Phi) is 5.86. The summed E-state index contributed by atoms with van der Waals surface area (Å²) in [5.74, 6) is -1.61. The van der Waals surface area contributed by atoms with E-state index in [1.165, 1.54) is 0 Å². The Balaban J connectivity index is 0.00000361. The van der Waals surface area contributed by atoms with Gasteiger partial charge in [-0.15, -0.1) is 12.4 Å². The maximum atomic E-state index is 13.2. The van der Waals surface area contributed by atoms with E-state index in [4.69, 9.17) is 11.5 Å². The van der Waals surface area contributed by atoms with Crippen molar-refractivity contribution in [3.8, 4) is 0 Å². The average Bonchev–Trinajstić information content (AvgIpc) is 2.27. The van der Waals surface area contributed by atoms with Crippen LogP contribution in [0.25, 0.3) is 0 Å². The fourth-order valence-electron chi connectivity index (χ4n) is 1.35. The quantitative estimate of drug-likeness (QED) is 0.438. The van der Waals surface area contributed by atoms with Gasteiger partial charge < -0.3 is 16.8 Å². The van der Waals surface area contributed by atoms with Crippen LogP contribution >= 0.6 is 12.4 Å². The summed E-state index contributed by atoms with van der Waals surface area (Å²) in [6.07, 6.45) is 0. The molecule has 0 saturated heterocycles. The molecule has 0 spiro atoms. The van der Waals surface area contributed by atoms with E-state index in [0.717, 1.165) is 6.07 Å². The molecule has 0 unspecified atom stereocenters. The number of amides is 1. The molecule has 1 rings (SSSR count). The highest BCUT2D eigenvalue weighted by Gasteiger charge is 2.22. The van der Waals surface area contributed by atoms with Crippen molar-refractivity contribution in [1.82, 2.24) is 5.32 Å². The van der Waals surface area contributed by atoms with Gasteiger partial charge in [0.25, 0.3) is 11.6 Å². The van der Waals surface area contributed by atoms with Gasteiger partial charge in [-0.25, -0.2) is 4.39 Å². The van der Waals surface area contributed by atoms with Crippen LogP contribution in [0.3, 0.4) is 0 Å². The third-order valence-corrected chi connectivity index (χ3v) is 2.27. The lowest BCUT2D eigenvalue weighted by molar-refractivity contribution is -0.384. The Labute approximate surface area is 121 Å². The first-order valence-electron chi connectivity index (χ1n) is 5.42. The van der Waals surface area contributed by atoms with Crippen LogP contribution in [0.5, 0.6) is 0 Å². The van der Waals surface area contributed by atoms with Crippen LogP contribution in [0.2, 0.25) is 0 Å². The van der Waals surface area contributed by atoms with E-state index in [1.54, 1.807) is 13.8 Å². The summed E-state index contributed by atoms with van der Waals surface area (Å²) >= 11 is 0. The smallest absolute Gasteiger partial charge is 0.295 e. The van der Waals surface area contributed by atoms with E-state index in [0.29, 0.717) is 6.07 Å². The number of hydrogen-bond donors (Lipinski definition) is 3. The van der Waals surface area contributed by atoms with Gasteiger partial charge in [0.15, 0.2) is 0 Å². The van der Waals surface area contributed by atoms with Crippen LogP contribution in [0.4, 0.5) is 15.8 Å². The highest BCUT2D eigenvalue weighted by molar-refractivity contribution is 6.01. The molecule has 112 valence electrons. The summed E-state index contributed by atoms with van der Waals surface area (Å²) in [6.45, 7) is 3.49. The van der Waals surface area contributed by atoms with E-state index in [2.05, 4.69) is 5.32 Å². The van der Waals surface area contributed by atoms with E-state index >= 15 is 0 Å². The molecular formula is C11H16ClFN4O3. The highest BCUT2D eigenvalue weighted by Crippen LogP contribution is 2.26. The van der Waals surface area contributed by atoms with E-state index < -0.39 is 27.9 Å². The fraction of sp³-hybridized carbons (Fsp3) is 0.364. The lowest BCUT2D eigenvalue weighted by Gasteiger charge is -2.19. The Hall–Kier alpha value is -1.93. The van der Waals surface area contributed by atoms with Crippen LogP contribution in [0, 0.1) is 15.9 Å². The third kappa shape index (κ3) is 4.63. The van der Waals surface area contributed by atoms with Crippen molar-refractivity contribution in [2.24, 2.45) is 5.73 Å². The van der Waals surface area contributed by atoms with Crippen molar-refractivity contribution in [1.29, 1.82) is 0 Å². The largest absolute Gasteiger partial charge is 0.393 e. The molecule has 5 N–H and O–H groups in total. The summed E-state index contributed by atoms with van der Waals surface area (Å²) in [6, 6.07) is 1.51. The number of benzene rings is 1. The first-order chi connectivity index (χ1) is 8.61. The predicted octanol–water partition coefficient (Wildman–Crippen LogP) is 1.20. The molecule has 1 aromatic rings. The van der Waals surface area contributed by atoms with Gasteiger partial charge in [-0.05, 0) is 19.9 Å². The lowest BCUT2D eigenvalue weighted by atomic mass is 10.1. The van der Waals surface area contributed by atoms with Gasteiger partial charge >= 0.3 is 0 Å². The molecule has 0 aliphatic heterocycles. The topological polar surface area (TPSA) is 124 Å². The zero-order chi connectivity index (χ0) is 14.8. The molecule has 0 fully saturated rings. The van der Waals surface area contributed by atoms with Gasteiger partial charge in [0.05, 0.1) is 16.6 Å². The molecule has 0 heterocycles. The van der Waals surface area contributed by atoms with E-state index in [-0.39, 0.29) is 30.2 Å². The number of nitrogens with two attached hydrogens (primary N) is 2. The Morgan fingerprint density at radius 1 is 1.50 bits per heavy atom. The van der Waals surface area contributed by atoms with Gasteiger partial charge in [-0.3, -0.25) is 14.9 Å². The number of nitrogen functional groups attached to an aromatic ring is 1. The molecule has 0 aliphatic carbocycles. The monoisotopic (exact) mass is 306 g/mol. The number of nitro groups is 1. The number of rotatable bonds is 4. The Bertz CT molecular complexity index is 531. The number of hydrogen-bond acceptors (Lipinski definition) is 5. The molecule has 1 amide bonds. The highest BCUT2D eigenvalue weighted by atomic mass is 35.5. The van der Waals surface area contributed by atoms with Crippen LogP contribution < -0.4 is 16.8 Å². The van der Waals surface area contributed by atoms with E-state index in [9.17, 15) is 19.3 Å². The fourth-order valence-corrected chi connectivity index (χ4v) is 1.35. The van der Waals surface area contributed by atoms with Crippen LogP contribution in [0.15, 0.2) is 12.1 Å². The summed E-state index contributed by atoms with van der Waals surface area (Å²) < 4.78 is 13.2. The number of anilines is 1. The number of carbonyl (C=O) groups excluding carboxylic acids is 1. The van der Waals surface area contributed by atoms with Crippen molar-refractivity contribution in [3.63, 3.8) is 0 Å². The number of nitrogens with zero attached hydrogens (tertiary/aromatic N) is 1. The number of nitrogens with one attached hydrogen (secondary N) is 1. The van der Waals surface area contributed by atoms with Gasteiger partial charge in [-0.1, -0.05) is 0 Å². The lowest BCUT2D eigenvalue weighted by Crippen LogP contribution is -2.45. The van der Waals surface area contributed by atoms with Crippen molar-refractivity contribution < 1.29 is 14.1 Å². The molecule has 0 bridgehead atoms. The zero-order valence-electron chi connectivity index (χ0n) is 11.0. The molecule has 7 nitrogen and oxygen atoms in total. The minimum absolute atomic E-state index is 0. The number of halogens is 2. The zero-order valence-corrected chi connectivity index (χ0v) is 11.8. The summed E-state index contributed by atoms with van der Waals surface area (Å²) in [5.41, 5.74) is 9.21. The second-order valence-corrected chi connectivity index (χ2v) is 4.81. The maximum Gasteiger partial charge on any atom is 0.295 e. The van der Waals surface area contributed by atoms with Crippen LogP contribution in [0.1, 0.15) is 24.2 Å². The van der Waals surface area contributed by atoms with Crippen molar-refractivity contribution in [3.05, 3.63) is 33.6 Å². The van der Waals surface area contributed by atoms with Crippen molar-refractivity contribution in [2.75, 3.05) is 12.3 Å². The number of carbonyl (C=O) groups is 1. The van der Waals surface area contributed by atoms with Gasteiger partial charge in [0.1, 0.15) is 11.5 Å². The van der Waals surface area contributed by atoms with Crippen molar-refractivity contribution in [2.45, 2.75) is 19.4 Å². The third-order valence-electron chi connectivity index (χ3n) is 2.27. The minimum atomic E-state index is -0.905. The molecule has 9 heteroatoms. The first-order valence-corrected chi connectivity index (χ1v) is 5.42. The van der Waals surface area contributed by atoms with Crippen LogP contribution in [-0.2, 0) is 0 Å². The minimum Gasteiger partial charge on any atom is -0.393 e. The summed E-state index contributed by atoms with van der Waals surface area (Å²) in [7, 11) is 0. The predicted molar refractivity (Wildman–Crippen MR) is 75.3 cm³/mol.